The first-order valence-corrected chi connectivity index (χ1v) is 8.71. The van der Waals surface area contributed by atoms with Crippen molar-refractivity contribution in [3.05, 3.63) is 53.1 Å². The molecule has 2 aromatic carbocycles. The summed E-state index contributed by atoms with van der Waals surface area (Å²) in [4.78, 5) is 24.4. The molecule has 0 saturated heterocycles. The van der Waals surface area contributed by atoms with E-state index in [1.54, 1.807) is 45.2 Å². The molecule has 0 aliphatic rings. The molecule has 6 heteroatoms. The van der Waals surface area contributed by atoms with Gasteiger partial charge in [0.2, 0.25) is 5.91 Å². The normalized spacial score (nSPS) is 11.0. The Morgan fingerprint density at radius 2 is 1.70 bits per heavy atom. The molecule has 0 aliphatic heterocycles. The molecule has 0 radical (unpaired) electrons. The SMILES string of the molecule is CCc1cc(NC(=O)c2ccc(OC)c(OC)c2)ccc1C(C)(C)C(N)=O. The van der Waals surface area contributed by atoms with Gasteiger partial charge in [0.1, 0.15) is 0 Å². The molecule has 0 fully saturated rings. The van der Waals surface area contributed by atoms with Gasteiger partial charge < -0.3 is 20.5 Å². The summed E-state index contributed by atoms with van der Waals surface area (Å²) >= 11 is 0. The minimum absolute atomic E-state index is 0.264. The molecule has 0 saturated carbocycles. The predicted octanol–water partition coefficient (Wildman–Crippen LogP) is 3.28. The summed E-state index contributed by atoms with van der Waals surface area (Å²) in [6.07, 6.45) is 0.714. The molecule has 0 unspecified atom stereocenters. The number of benzene rings is 2. The monoisotopic (exact) mass is 370 g/mol. The number of nitrogens with two attached hydrogens (primary N) is 1. The maximum absolute atomic E-state index is 12.6. The van der Waals surface area contributed by atoms with Gasteiger partial charge >= 0.3 is 0 Å². The van der Waals surface area contributed by atoms with Crippen molar-refractivity contribution in [3.63, 3.8) is 0 Å². The van der Waals surface area contributed by atoms with Crippen molar-refractivity contribution in [2.45, 2.75) is 32.6 Å². The van der Waals surface area contributed by atoms with Crippen molar-refractivity contribution in [1.82, 2.24) is 0 Å². The van der Waals surface area contributed by atoms with E-state index in [9.17, 15) is 9.59 Å². The second-order valence-corrected chi connectivity index (χ2v) is 6.74. The average Bonchev–Trinajstić information content (AvgIpc) is 2.66. The molecule has 0 heterocycles. The van der Waals surface area contributed by atoms with Crippen LogP contribution in [0.3, 0.4) is 0 Å². The smallest absolute Gasteiger partial charge is 0.255 e. The number of primary amides is 1. The van der Waals surface area contributed by atoms with Gasteiger partial charge in [0, 0.05) is 11.3 Å². The van der Waals surface area contributed by atoms with E-state index in [2.05, 4.69) is 5.32 Å². The van der Waals surface area contributed by atoms with Crippen molar-refractivity contribution in [1.29, 1.82) is 0 Å². The zero-order chi connectivity index (χ0) is 20.2. The fraction of sp³-hybridized carbons (Fsp3) is 0.333. The summed E-state index contributed by atoms with van der Waals surface area (Å²) in [5, 5.41) is 2.88. The molecule has 3 N–H and O–H groups in total. The van der Waals surface area contributed by atoms with Crippen molar-refractivity contribution < 1.29 is 19.1 Å². The number of nitrogens with one attached hydrogen (secondary N) is 1. The number of rotatable bonds is 7. The fourth-order valence-corrected chi connectivity index (χ4v) is 2.89. The molecular weight excluding hydrogens is 344 g/mol. The number of amides is 2. The number of carbonyl (C=O) groups excluding carboxylic acids is 2. The molecule has 2 aromatic rings. The summed E-state index contributed by atoms with van der Waals surface area (Å²) < 4.78 is 10.4. The van der Waals surface area contributed by atoms with E-state index in [1.165, 1.54) is 7.11 Å². The van der Waals surface area contributed by atoms with Crippen LogP contribution in [0.5, 0.6) is 11.5 Å². The first kappa shape index (κ1) is 20.3. The van der Waals surface area contributed by atoms with E-state index in [-0.39, 0.29) is 11.8 Å². The largest absolute Gasteiger partial charge is 0.493 e. The second kappa shape index (κ2) is 8.12. The Morgan fingerprint density at radius 1 is 1.04 bits per heavy atom. The Kier molecular flexibility index (Phi) is 6.10. The lowest BCUT2D eigenvalue weighted by Crippen LogP contribution is -2.36. The van der Waals surface area contributed by atoms with Gasteiger partial charge in [-0.3, -0.25) is 9.59 Å². The number of aryl methyl sites for hydroxylation is 1. The van der Waals surface area contributed by atoms with Gasteiger partial charge in [-0.05, 0) is 61.7 Å². The highest BCUT2D eigenvalue weighted by Crippen LogP contribution is 2.30. The Morgan fingerprint density at radius 3 is 2.26 bits per heavy atom. The minimum atomic E-state index is -0.781. The number of methoxy groups -OCH3 is 2. The molecule has 0 atom stereocenters. The third kappa shape index (κ3) is 4.22. The maximum Gasteiger partial charge on any atom is 0.255 e. The van der Waals surface area contributed by atoms with Crippen LogP contribution in [-0.2, 0) is 16.6 Å². The van der Waals surface area contributed by atoms with Crippen molar-refractivity contribution in [3.8, 4) is 11.5 Å². The molecule has 0 aromatic heterocycles. The van der Waals surface area contributed by atoms with Crippen LogP contribution in [-0.4, -0.2) is 26.0 Å². The van der Waals surface area contributed by atoms with Gasteiger partial charge in [-0.2, -0.15) is 0 Å². The molecular formula is C21H26N2O4. The number of ether oxygens (including phenoxy) is 2. The summed E-state index contributed by atoms with van der Waals surface area (Å²) in [5.41, 5.74) is 7.68. The molecule has 0 spiro atoms. The van der Waals surface area contributed by atoms with Crippen LogP contribution in [0.4, 0.5) is 5.69 Å². The Bertz CT molecular complexity index is 859. The lowest BCUT2D eigenvalue weighted by atomic mass is 9.80. The highest BCUT2D eigenvalue weighted by molar-refractivity contribution is 6.04. The first-order chi connectivity index (χ1) is 12.7. The molecule has 27 heavy (non-hydrogen) atoms. The summed E-state index contributed by atoms with van der Waals surface area (Å²) in [7, 11) is 3.06. The highest BCUT2D eigenvalue weighted by Gasteiger charge is 2.29. The standard InChI is InChI=1S/C21H26N2O4/c1-6-13-11-15(8-9-16(13)21(2,3)20(22)25)23-19(24)14-7-10-17(26-4)18(12-14)27-5/h7-12H,6H2,1-5H3,(H2,22,25)(H,23,24). The van der Waals surface area contributed by atoms with Crippen molar-refractivity contribution in [2.75, 3.05) is 19.5 Å². The Hall–Kier alpha value is -3.02. The molecule has 0 bridgehead atoms. The van der Waals surface area contributed by atoms with Gasteiger partial charge in [0.25, 0.3) is 5.91 Å². The van der Waals surface area contributed by atoms with E-state index in [1.807, 2.05) is 19.1 Å². The van der Waals surface area contributed by atoms with Crippen LogP contribution < -0.4 is 20.5 Å². The summed E-state index contributed by atoms with van der Waals surface area (Å²) in [6, 6.07) is 10.5. The molecule has 6 nitrogen and oxygen atoms in total. The summed E-state index contributed by atoms with van der Waals surface area (Å²) in [6.45, 7) is 5.59. The van der Waals surface area contributed by atoms with Crippen LogP contribution in [0.2, 0.25) is 0 Å². The molecule has 2 amide bonds. The van der Waals surface area contributed by atoms with Crippen LogP contribution >= 0.6 is 0 Å². The number of hydrogen-bond acceptors (Lipinski definition) is 4. The van der Waals surface area contributed by atoms with E-state index < -0.39 is 5.41 Å². The first-order valence-electron chi connectivity index (χ1n) is 8.71. The van der Waals surface area contributed by atoms with Crippen LogP contribution in [0.15, 0.2) is 36.4 Å². The van der Waals surface area contributed by atoms with Crippen LogP contribution in [0.1, 0.15) is 42.3 Å². The highest BCUT2D eigenvalue weighted by atomic mass is 16.5. The van der Waals surface area contributed by atoms with E-state index in [0.29, 0.717) is 29.2 Å². The lowest BCUT2D eigenvalue weighted by Gasteiger charge is -2.24. The molecule has 0 aliphatic carbocycles. The molecule has 2 rings (SSSR count). The van der Waals surface area contributed by atoms with Gasteiger partial charge in [-0.15, -0.1) is 0 Å². The Balaban J connectivity index is 2.30. The van der Waals surface area contributed by atoms with E-state index >= 15 is 0 Å². The van der Waals surface area contributed by atoms with Crippen LogP contribution in [0.25, 0.3) is 0 Å². The predicted molar refractivity (Wildman–Crippen MR) is 106 cm³/mol. The third-order valence-corrected chi connectivity index (χ3v) is 4.68. The number of carbonyl (C=O) groups is 2. The minimum Gasteiger partial charge on any atom is -0.493 e. The van der Waals surface area contributed by atoms with Gasteiger partial charge in [-0.1, -0.05) is 13.0 Å². The van der Waals surface area contributed by atoms with Crippen molar-refractivity contribution in [2.24, 2.45) is 5.73 Å². The van der Waals surface area contributed by atoms with E-state index in [4.69, 9.17) is 15.2 Å². The third-order valence-electron chi connectivity index (χ3n) is 4.68. The quantitative estimate of drug-likeness (QED) is 0.782. The Labute approximate surface area is 159 Å². The van der Waals surface area contributed by atoms with Gasteiger partial charge in [-0.25, -0.2) is 0 Å². The fourth-order valence-electron chi connectivity index (χ4n) is 2.89. The van der Waals surface area contributed by atoms with E-state index in [0.717, 1.165) is 11.1 Å². The van der Waals surface area contributed by atoms with Gasteiger partial charge in [0.15, 0.2) is 11.5 Å². The zero-order valence-electron chi connectivity index (χ0n) is 16.4. The maximum atomic E-state index is 12.6. The van der Waals surface area contributed by atoms with Crippen LogP contribution in [0, 0.1) is 0 Å². The average molecular weight is 370 g/mol. The van der Waals surface area contributed by atoms with Crippen molar-refractivity contribution >= 4 is 17.5 Å². The molecule has 144 valence electrons. The summed E-state index contributed by atoms with van der Waals surface area (Å²) in [5.74, 6) is 0.387. The topological polar surface area (TPSA) is 90.7 Å². The van der Waals surface area contributed by atoms with Gasteiger partial charge in [0.05, 0.1) is 19.6 Å². The number of anilines is 1. The zero-order valence-corrected chi connectivity index (χ0v) is 16.4. The lowest BCUT2D eigenvalue weighted by molar-refractivity contribution is -0.122. The second-order valence-electron chi connectivity index (χ2n) is 6.74. The number of hydrogen-bond donors (Lipinski definition) is 2.